The number of thioether (sulfide) groups is 1. The van der Waals surface area contributed by atoms with Crippen molar-refractivity contribution < 1.29 is 9.59 Å². The van der Waals surface area contributed by atoms with E-state index in [0.29, 0.717) is 13.0 Å². The molecular weight excluding hydrogens is 250 g/mol. The number of para-hydroxylation sites is 1. The molecule has 4 N–H and O–H groups in total. The summed E-state index contributed by atoms with van der Waals surface area (Å²) in [6, 6.07) is 7.25. The van der Waals surface area contributed by atoms with Crippen LogP contribution < -0.4 is 16.4 Å². The van der Waals surface area contributed by atoms with Crippen molar-refractivity contribution in [3.05, 3.63) is 24.3 Å². The van der Waals surface area contributed by atoms with Crippen molar-refractivity contribution >= 4 is 29.3 Å². The Bertz CT molecular complexity index is 534. The van der Waals surface area contributed by atoms with Gasteiger partial charge in [0.05, 0.1) is 11.7 Å². The van der Waals surface area contributed by atoms with Crippen LogP contribution in [0.25, 0.3) is 0 Å². The molecule has 18 heavy (non-hydrogen) atoms. The second-order valence-corrected chi connectivity index (χ2v) is 6.01. The number of fused-ring (bicyclic) bond motifs is 1. The number of benzene rings is 1. The lowest BCUT2D eigenvalue weighted by molar-refractivity contribution is -0.119. The largest absolute Gasteiger partial charge is 0.368 e. The first-order chi connectivity index (χ1) is 8.61. The molecule has 0 aliphatic carbocycles. The second-order valence-electron chi connectivity index (χ2n) is 4.59. The minimum Gasteiger partial charge on any atom is -0.368 e. The Labute approximate surface area is 108 Å². The van der Waals surface area contributed by atoms with Crippen LogP contribution in [0.15, 0.2) is 29.2 Å². The minimum absolute atomic E-state index is 0.0533. The number of nitrogens with one attached hydrogen (secondary N) is 2. The molecule has 5 nitrogen and oxygen atoms in total. The summed E-state index contributed by atoms with van der Waals surface area (Å²) in [7, 11) is 0. The molecule has 1 saturated heterocycles. The molecule has 0 radical (unpaired) electrons. The van der Waals surface area contributed by atoms with Crippen molar-refractivity contribution in [1.82, 2.24) is 5.32 Å². The highest BCUT2D eigenvalue weighted by Gasteiger charge is 2.50. The number of primary amides is 1. The fourth-order valence-corrected chi connectivity index (χ4v) is 3.71. The van der Waals surface area contributed by atoms with Gasteiger partial charge >= 0.3 is 0 Å². The van der Waals surface area contributed by atoms with E-state index in [4.69, 9.17) is 5.73 Å². The molecule has 2 amide bonds. The molecular formula is C12H13N3O2S. The van der Waals surface area contributed by atoms with Gasteiger partial charge in [-0.2, -0.15) is 0 Å². The van der Waals surface area contributed by atoms with Crippen LogP contribution >= 0.6 is 11.8 Å². The van der Waals surface area contributed by atoms with Crippen LogP contribution in [0.4, 0.5) is 5.69 Å². The smallest absolute Gasteiger partial charge is 0.242 e. The zero-order valence-corrected chi connectivity index (χ0v) is 10.4. The number of nitrogens with two attached hydrogens (primary N) is 1. The molecule has 0 aromatic heterocycles. The lowest BCUT2D eigenvalue weighted by atomic mass is 10.0. The second kappa shape index (κ2) is 4.00. The van der Waals surface area contributed by atoms with E-state index >= 15 is 0 Å². The summed E-state index contributed by atoms with van der Waals surface area (Å²) in [5.41, 5.74) is 6.12. The number of anilines is 1. The summed E-state index contributed by atoms with van der Waals surface area (Å²) < 4.78 is -0.617. The van der Waals surface area contributed by atoms with Crippen molar-refractivity contribution in [3.8, 4) is 0 Å². The van der Waals surface area contributed by atoms with Gasteiger partial charge in [-0.25, -0.2) is 0 Å². The van der Waals surface area contributed by atoms with E-state index in [1.165, 1.54) is 11.8 Å². The Balaban J connectivity index is 1.92. The number of hydrogen-bond donors (Lipinski definition) is 3. The summed E-state index contributed by atoms with van der Waals surface area (Å²) >= 11 is 1.51. The molecule has 2 heterocycles. The highest BCUT2D eigenvalue weighted by Crippen LogP contribution is 2.46. The number of amides is 2. The lowest BCUT2D eigenvalue weighted by Gasteiger charge is -2.32. The number of carbonyl (C=O) groups is 2. The van der Waals surface area contributed by atoms with Crippen LogP contribution in [0.1, 0.15) is 6.42 Å². The molecule has 1 aromatic rings. The summed E-state index contributed by atoms with van der Waals surface area (Å²) in [4.78, 5) is 24.5. The first-order valence-corrected chi connectivity index (χ1v) is 6.55. The van der Waals surface area contributed by atoms with E-state index in [0.717, 1.165) is 10.6 Å². The fourth-order valence-electron chi connectivity index (χ4n) is 2.37. The molecule has 3 rings (SSSR count). The Kier molecular flexibility index (Phi) is 2.57. The summed E-state index contributed by atoms with van der Waals surface area (Å²) in [6.07, 6.45) is 0.438. The quantitative estimate of drug-likeness (QED) is 0.681. The molecule has 6 heteroatoms. The standard InChI is InChI=1S/C12H13N3O2S/c13-10(16)8-5-12(6-14-8)11(17)15-7-3-1-2-4-9(7)18-12/h1-4,8,14H,5-6H2,(H2,13,16)(H,15,17). The molecule has 94 valence electrons. The fraction of sp³-hybridized carbons (Fsp3) is 0.333. The van der Waals surface area contributed by atoms with Gasteiger partial charge in [0, 0.05) is 11.4 Å². The van der Waals surface area contributed by atoms with Crippen LogP contribution in [0.3, 0.4) is 0 Å². The van der Waals surface area contributed by atoms with E-state index in [1.807, 2.05) is 24.3 Å². The van der Waals surface area contributed by atoms with E-state index in [-0.39, 0.29) is 5.91 Å². The molecule has 0 saturated carbocycles. The van der Waals surface area contributed by atoms with Gasteiger partial charge in [-0.15, -0.1) is 11.8 Å². The Morgan fingerprint density at radius 3 is 2.94 bits per heavy atom. The van der Waals surface area contributed by atoms with Gasteiger partial charge in [-0.1, -0.05) is 12.1 Å². The van der Waals surface area contributed by atoms with Crippen LogP contribution in [0, 0.1) is 0 Å². The van der Waals surface area contributed by atoms with Gasteiger partial charge in [0.25, 0.3) is 0 Å². The lowest BCUT2D eigenvalue weighted by Crippen LogP contribution is -2.44. The van der Waals surface area contributed by atoms with E-state index in [2.05, 4.69) is 10.6 Å². The summed E-state index contributed by atoms with van der Waals surface area (Å²) in [5.74, 6) is -0.457. The van der Waals surface area contributed by atoms with Crippen molar-refractivity contribution in [2.75, 3.05) is 11.9 Å². The molecule has 2 aliphatic heterocycles. The van der Waals surface area contributed by atoms with Crippen molar-refractivity contribution in [1.29, 1.82) is 0 Å². The van der Waals surface area contributed by atoms with Crippen LogP contribution in [0.5, 0.6) is 0 Å². The third kappa shape index (κ3) is 1.69. The average molecular weight is 263 g/mol. The molecule has 2 aliphatic rings. The third-order valence-electron chi connectivity index (χ3n) is 3.37. The van der Waals surface area contributed by atoms with Gasteiger partial charge < -0.3 is 16.4 Å². The van der Waals surface area contributed by atoms with Gasteiger partial charge in [0.2, 0.25) is 11.8 Å². The Hall–Kier alpha value is -1.53. The topological polar surface area (TPSA) is 84.2 Å². The van der Waals surface area contributed by atoms with E-state index in [1.54, 1.807) is 0 Å². The zero-order valence-electron chi connectivity index (χ0n) is 9.60. The first-order valence-electron chi connectivity index (χ1n) is 5.73. The Morgan fingerprint density at radius 1 is 1.44 bits per heavy atom. The summed E-state index contributed by atoms with van der Waals surface area (Å²) in [5, 5.41) is 5.92. The van der Waals surface area contributed by atoms with Gasteiger partial charge in [-0.3, -0.25) is 9.59 Å². The monoisotopic (exact) mass is 263 g/mol. The zero-order chi connectivity index (χ0) is 12.8. The van der Waals surface area contributed by atoms with Gasteiger partial charge in [0.15, 0.2) is 0 Å². The number of hydrogen-bond acceptors (Lipinski definition) is 4. The molecule has 1 aromatic carbocycles. The number of carbonyl (C=O) groups excluding carboxylic acids is 2. The van der Waals surface area contributed by atoms with Gasteiger partial charge in [-0.05, 0) is 18.6 Å². The normalized spacial score (nSPS) is 30.0. The predicted molar refractivity (Wildman–Crippen MR) is 69.3 cm³/mol. The molecule has 2 atom stereocenters. The highest BCUT2D eigenvalue weighted by atomic mass is 32.2. The maximum absolute atomic E-state index is 12.2. The molecule has 1 spiro atoms. The highest BCUT2D eigenvalue weighted by molar-refractivity contribution is 8.01. The van der Waals surface area contributed by atoms with Crippen molar-refractivity contribution in [2.24, 2.45) is 5.73 Å². The van der Waals surface area contributed by atoms with Crippen LogP contribution in [-0.4, -0.2) is 29.1 Å². The number of rotatable bonds is 1. The molecule has 0 bridgehead atoms. The summed E-state index contributed by atoms with van der Waals surface area (Å²) in [6.45, 7) is 0.464. The molecule has 1 fully saturated rings. The SMILES string of the molecule is NC(=O)C1CC2(CN1)Sc1ccccc1NC2=O. The minimum atomic E-state index is -0.617. The Morgan fingerprint density at radius 2 is 2.22 bits per heavy atom. The maximum Gasteiger partial charge on any atom is 0.242 e. The van der Waals surface area contributed by atoms with E-state index in [9.17, 15) is 9.59 Å². The van der Waals surface area contributed by atoms with Crippen LogP contribution in [-0.2, 0) is 9.59 Å². The van der Waals surface area contributed by atoms with Crippen molar-refractivity contribution in [3.63, 3.8) is 0 Å². The van der Waals surface area contributed by atoms with Crippen molar-refractivity contribution in [2.45, 2.75) is 22.1 Å². The maximum atomic E-state index is 12.2. The first kappa shape index (κ1) is 11.6. The third-order valence-corrected chi connectivity index (χ3v) is 4.83. The molecule has 2 unspecified atom stereocenters. The average Bonchev–Trinajstić information content (AvgIpc) is 2.76. The van der Waals surface area contributed by atoms with E-state index < -0.39 is 16.7 Å². The van der Waals surface area contributed by atoms with Gasteiger partial charge in [0.1, 0.15) is 4.75 Å². The van der Waals surface area contributed by atoms with Crippen LogP contribution in [0.2, 0.25) is 0 Å². The predicted octanol–water partition coefficient (Wildman–Crippen LogP) is 0.317.